The molecule has 11 heteroatoms. The summed E-state index contributed by atoms with van der Waals surface area (Å²) in [6, 6.07) is 6.24. The monoisotopic (exact) mass is 446 g/mol. The van der Waals surface area contributed by atoms with Crippen molar-refractivity contribution in [1.82, 2.24) is 15.3 Å². The average Bonchev–Trinajstić information content (AvgIpc) is 2.62. The van der Waals surface area contributed by atoms with E-state index in [2.05, 4.69) is 20.0 Å². The van der Waals surface area contributed by atoms with Gasteiger partial charge in [0.05, 0.1) is 6.04 Å². The van der Waals surface area contributed by atoms with Gasteiger partial charge in [-0.1, -0.05) is 31.5 Å². The van der Waals surface area contributed by atoms with E-state index in [1.807, 2.05) is 13.8 Å². The van der Waals surface area contributed by atoms with E-state index < -0.39 is 28.8 Å². The van der Waals surface area contributed by atoms with Crippen LogP contribution >= 0.6 is 23.5 Å². The number of nitrogens with zero attached hydrogens (tertiary/aromatic N) is 2. The number of halogens is 4. The van der Waals surface area contributed by atoms with Crippen LogP contribution in [0.4, 0.5) is 19.1 Å². The standard InChI is InChI=1S/C18H18ClF3N4O2S/c1-9(2)6-11-8-28-16-13(18(20,21)22)14(19)24-17(25-16)26-29-12-5-3-4-10(7-12)15(27)23-11/h3-5,7,9,11H,6,8H2,1-2H3,(H,23,27)(H,24,25,26)/t11-/m1/s1. The van der Waals surface area contributed by atoms with E-state index in [0.717, 1.165) is 11.9 Å². The molecule has 2 aromatic rings. The molecule has 0 saturated heterocycles. The Morgan fingerprint density at radius 3 is 2.79 bits per heavy atom. The highest BCUT2D eigenvalue weighted by Gasteiger charge is 2.40. The Hall–Kier alpha value is -2.20. The first-order valence-corrected chi connectivity index (χ1v) is 9.94. The Morgan fingerprint density at radius 1 is 1.34 bits per heavy atom. The Labute approximate surface area is 174 Å². The molecule has 1 aromatic heterocycles. The summed E-state index contributed by atoms with van der Waals surface area (Å²) in [5.41, 5.74) is -0.828. The molecule has 29 heavy (non-hydrogen) atoms. The fourth-order valence-electron chi connectivity index (χ4n) is 2.79. The second-order valence-electron chi connectivity index (χ2n) is 6.86. The molecular formula is C18H18ClF3N4O2S. The van der Waals surface area contributed by atoms with Crippen molar-refractivity contribution in [2.45, 2.75) is 37.4 Å². The minimum absolute atomic E-state index is 0.132. The second-order valence-corrected chi connectivity index (χ2v) is 8.10. The van der Waals surface area contributed by atoms with Gasteiger partial charge >= 0.3 is 6.18 Å². The van der Waals surface area contributed by atoms with Gasteiger partial charge in [-0.3, -0.25) is 9.52 Å². The van der Waals surface area contributed by atoms with Crippen LogP contribution in [0.5, 0.6) is 5.88 Å². The fourth-order valence-corrected chi connectivity index (χ4v) is 3.69. The molecule has 3 rings (SSSR count). The number of alkyl halides is 3. The van der Waals surface area contributed by atoms with Crippen molar-refractivity contribution in [3.63, 3.8) is 0 Å². The highest BCUT2D eigenvalue weighted by Crippen LogP contribution is 2.40. The third-order valence-corrected chi connectivity index (χ3v) is 5.03. The van der Waals surface area contributed by atoms with E-state index in [-0.39, 0.29) is 24.4 Å². The SMILES string of the molecule is CC(C)C[C@@H]1COc2nc(nc(Cl)c2C(F)(F)F)NSc2cccc(c2)C(=O)N1. The molecule has 0 spiro atoms. The lowest BCUT2D eigenvalue weighted by Crippen LogP contribution is -2.40. The first-order chi connectivity index (χ1) is 13.6. The zero-order chi connectivity index (χ0) is 21.2. The van der Waals surface area contributed by atoms with Gasteiger partial charge in [0.1, 0.15) is 6.61 Å². The molecule has 1 aliphatic rings. The molecule has 0 saturated carbocycles. The first kappa shape index (κ1) is 21.5. The maximum Gasteiger partial charge on any atom is 0.424 e. The highest BCUT2D eigenvalue weighted by molar-refractivity contribution is 8.00. The predicted molar refractivity (Wildman–Crippen MR) is 104 cm³/mol. The van der Waals surface area contributed by atoms with Gasteiger partial charge in [-0.05, 0) is 42.5 Å². The van der Waals surface area contributed by atoms with Crippen molar-refractivity contribution < 1.29 is 22.7 Å². The number of hydrogen-bond donors (Lipinski definition) is 2. The third-order valence-electron chi connectivity index (χ3n) is 3.98. The van der Waals surface area contributed by atoms with Crippen LogP contribution in [0.15, 0.2) is 29.2 Å². The molecule has 0 radical (unpaired) electrons. The molecular weight excluding hydrogens is 429 g/mol. The van der Waals surface area contributed by atoms with E-state index in [9.17, 15) is 18.0 Å². The van der Waals surface area contributed by atoms with Gasteiger partial charge in [0.25, 0.3) is 5.91 Å². The van der Waals surface area contributed by atoms with E-state index in [4.69, 9.17) is 16.3 Å². The van der Waals surface area contributed by atoms with Crippen molar-refractivity contribution >= 4 is 35.4 Å². The summed E-state index contributed by atoms with van der Waals surface area (Å²) in [5.74, 6) is -0.982. The smallest absolute Gasteiger partial charge is 0.424 e. The zero-order valence-corrected chi connectivity index (χ0v) is 17.1. The first-order valence-electron chi connectivity index (χ1n) is 8.75. The van der Waals surface area contributed by atoms with Gasteiger partial charge in [-0.15, -0.1) is 0 Å². The van der Waals surface area contributed by atoms with Crippen molar-refractivity contribution in [2.75, 3.05) is 11.3 Å². The quantitative estimate of drug-likeness (QED) is 0.509. The van der Waals surface area contributed by atoms with Gasteiger partial charge in [-0.2, -0.15) is 23.1 Å². The molecule has 156 valence electrons. The van der Waals surface area contributed by atoms with Crippen LogP contribution in [0, 0.1) is 5.92 Å². The largest absolute Gasteiger partial charge is 0.475 e. The lowest BCUT2D eigenvalue weighted by atomic mass is 10.0. The predicted octanol–water partition coefficient (Wildman–Crippen LogP) is 4.80. The number of hydrogen-bond acceptors (Lipinski definition) is 6. The minimum Gasteiger partial charge on any atom is -0.475 e. The van der Waals surface area contributed by atoms with Crippen molar-refractivity contribution in [2.24, 2.45) is 5.92 Å². The van der Waals surface area contributed by atoms with Gasteiger partial charge in [-0.25, -0.2) is 0 Å². The second kappa shape index (κ2) is 8.66. The number of ether oxygens (including phenoxy) is 1. The minimum atomic E-state index is -4.80. The number of anilines is 1. The summed E-state index contributed by atoms with van der Waals surface area (Å²) < 4.78 is 48.5. The summed E-state index contributed by atoms with van der Waals surface area (Å²) >= 11 is 6.84. The third kappa shape index (κ3) is 5.45. The number of carbonyl (C=O) groups is 1. The van der Waals surface area contributed by atoms with Crippen LogP contribution < -0.4 is 14.8 Å². The van der Waals surface area contributed by atoms with Gasteiger partial charge < -0.3 is 10.1 Å². The molecule has 1 amide bonds. The molecule has 0 unspecified atom stereocenters. The number of carbonyl (C=O) groups excluding carboxylic acids is 1. The molecule has 1 atom stereocenters. The van der Waals surface area contributed by atoms with E-state index in [0.29, 0.717) is 16.9 Å². The van der Waals surface area contributed by atoms with Crippen molar-refractivity contribution in [3.05, 3.63) is 40.5 Å². The highest BCUT2D eigenvalue weighted by atomic mass is 35.5. The number of fused-ring (bicyclic) bond motifs is 4. The van der Waals surface area contributed by atoms with E-state index in [1.165, 1.54) is 0 Å². The van der Waals surface area contributed by atoms with E-state index >= 15 is 0 Å². The summed E-state index contributed by atoms with van der Waals surface area (Å²) in [6.07, 6.45) is -4.29. The normalized spacial score (nSPS) is 17.3. The summed E-state index contributed by atoms with van der Waals surface area (Å²) in [6.45, 7) is 3.68. The Bertz CT molecular complexity index is 911. The fraction of sp³-hybridized carbons (Fsp3) is 0.389. The van der Waals surface area contributed by atoms with E-state index in [1.54, 1.807) is 24.3 Å². The van der Waals surface area contributed by atoms with Gasteiger partial charge in [0.15, 0.2) is 10.7 Å². The number of rotatable bonds is 2. The zero-order valence-electron chi connectivity index (χ0n) is 15.5. The van der Waals surface area contributed by atoms with Crippen LogP contribution in [0.3, 0.4) is 0 Å². The number of nitrogens with one attached hydrogen (secondary N) is 2. The van der Waals surface area contributed by atoms with Gasteiger partial charge in [0, 0.05) is 10.5 Å². The molecule has 4 bridgehead atoms. The molecule has 0 fully saturated rings. The topological polar surface area (TPSA) is 76.1 Å². The number of amides is 1. The Morgan fingerprint density at radius 2 is 2.10 bits per heavy atom. The lowest BCUT2D eigenvalue weighted by Gasteiger charge is -2.22. The molecule has 1 aliphatic heterocycles. The van der Waals surface area contributed by atoms with Crippen molar-refractivity contribution in [1.29, 1.82) is 0 Å². The number of benzene rings is 1. The average molecular weight is 447 g/mol. The molecule has 6 nitrogen and oxygen atoms in total. The van der Waals surface area contributed by atoms with Gasteiger partial charge in [0.2, 0.25) is 11.8 Å². The number of aromatic nitrogens is 2. The summed E-state index contributed by atoms with van der Waals surface area (Å²) in [7, 11) is 0. The van der Waals surface area contributed by atoms with Crippen LogP contribution in [0.2, 0.25) is 5.15 Å². The molecule has 1 aromatic carbocycles. The maximum absolute atomic E-state index is 13.5. The Balaban J connectivity index is 2.04. The van der Waals surface area contributed by atoms with Crippen molar-refractivity contribution in [3.8, 4) is 5.88 Å². The van der Waals surface area contributed by atoms with Crippen LogP contribution in [-0.2, 0) is 6.18 Å². The van der Waals surface area contributed by atoms with Crippen LogP contribution in [-0.4, -0.2) is 28.5 Å². The summed E-state index contributed by atoms with van der Waals surface area (Å²) in [5, 5.41) is 2.06. The molecule has 2 heterocycles. The summed E-state index contributed by atoms with van der Waals surface area (Å²) in [4.78, 5) is 20.8. The Kier molecular flexibility index (Phi) is 6.42. The maximum atomic E-state index is 13.5. The molecule has 0 aliphatic carbocycles. The van der Waals surface area contributed by atoms with Crippen LogP contribution in [0.1, 0.15) is 36.2 Å². The van der Waals surface area contributed by atoms with Crippen LogP contribution in [0.25, 0.3) is 0 Å². The molecule has 2 N–H and O–H groups in total. The lowest BCUT2D eigenvalue weighted by molar-refractivity contribution is -0.139.